The normalized spacial score (nSPS) is 15.2. The molecule has 7 nitrogen and oxygen atoms in total. The van der Waals surface area contributed by atoms with E-state index in [9.17, 15) is 18.0 Å². The van der Waals surface area contributed by atoms with Gasteiger partial charge in [0, 0.05) is 22.6 Å². The van der Waals surface area contributed by atoms with Gasteiger partial charge in [-0.3, -0.25) is 13.9 Å². The zero-order valence-electron chi connectivity index (χ0n) is 21.5. The van der Waals surface area contributed by atoms with Crippen LogP contribution in [-0.2, 0) is 26.2 Å². The average Bonchev–Trinajstić information content (AvgIpc) is 2.85. The van der Waals surface area contributed by atoms with Gasteiger partial charge >= 0.3 is 0 Å². The van der Waals surface area contributed by atoms with E-state index in [4.69, 9.17) is 23.2 Å². The van der Waals surface area contributed by atoms with Gasteiger partial charge in [0.15, 0.2) is 0 Å². The highest BCUT2D eigenvalue weighted by molar-refractivity contribution is 7.92. The van der Waals surface area contributed by atoms with Gasteiger partial charge in [0.1, 0.15) is 12.6 Å². The van der Waals surface area contributed by atoms with Crippen molar-refractivity contribution in [1.29, 1.82) is 0 Å². The van der Waals surface area contributed by atoms with Crippen molar-refractivity contribution in [2.45, 2.75) is 71.0 Å². The first-order valence-corrected chi connectivity index (χ1v) is 15.2. The molecule has 202 valence electrons. The summed E-state index contributed by atoms with van der Waals surface area (Å²) in [6, 6.07) is 11.2. The summed E-state index contributed by atoms with van der Waals surface area (Å²) in [4.78, 5) is 28.7. The molecule has 0 aromatic heterocycles. The predicted octanol–water partition coefficient (Wildman–Crippen LogP) is 5.32. The van der Waals surface area contributed by atoms with Crippen molar-refractivity contribution in [2.24, 2.45) is 0 Å². The van der Waals surface area contributed by atoms with Crippen molar-refractivity contribution >= 4 is 50.7 Å². The first-order valence-electron chi connectivity index (χ1n) is 12.6. The number of benzene rings is 2. The summed E-state index contributed by atoms with van der Waals surface area (Å²) in [7, 11) is -3.83. The maximum atomic E-state index is 13.8. The van der Waals surface area contributed by atoms with Crippen LogP contribution >= 0.6 is 23.2 Å². The molecular formula is C27H35Cl2N3O4S. The Kier molecular flexibility index (Phi) is 10.3. The van der Waals surface area contributed by atoms with Crippen LogP contribution in [0.25, 0.3) is 0 Å². The van der Waals surface area contributed by atoms with Crippen molar-refractivity contribution in [3.05, 3.63) is 63.6 Å². The minimum absolute atomic E-state index is 0.0708. The van der Waals surface area contributed by atoms with E-state index in [0.29, 0.717) is 22.0 Å². The van der Waals surface area contributed by atoms with Crippen molar-refractivity contribution < 1.29 is 18.0 Å². The van der Waals surface area contributed by atoms with Gasteiger partial charge in [-0.25, -0.2) is 8.42 Å². The molecule has 0 radical (unpaired) electrons. The number of sulfonamides is 1. The molecule has 2 aromatic rings. The molecule has 2 amide bonds. The lowest BCUT2D eigenvalue weighted by molar-refractivity contribution is -0.140. The first-order chi connectivity index (χ1) is 17.5. The van der Waals surface area contributed by atoms with Gasteiger partial charge < -0.3 is 10.2 Å². The average molecular weight is 569 g/mol. The Labute approximate surface area is 230 Å². The van der Waals surface area contributed by atoms with E-state index in [2.05, 4.69) is 5.32 Å². The zero-order valence-corrected chi connectivity index (χ0v) is 23.9. The molecule has 1 aliphatic rings. The quantitative estimate of drug-likeness (QED) is 0.420. The number of halogens is 2. The fourth-order valence-electron chi connectivity index (χ4n) is 4.62. The number of hydrogen-bond donors (Lipinski definition) is 1. The van der Waals surface area contributed by atoms with Crippen LogP contribution < -0.4 is 9.62 Å². The van der Waals surface area contributed by atoms with E-state index in [1.807, 2.05) is 19.9 Å². The second-order valence-electron chi connectivity index (χ2n) is 9.58. The van der Waals surface area contributed by atoms with Gasteiger partial charge in [-0.15, -0.1) is 0 Å². The molecule has 37 heavy (non-hydrogen) atoms. The highest BCUT2D eigenvalue weighted by atomic mass is 35.5. The van der Waals surface area contributed by atoms with Crippen LogP contribution in [0, 0.1) is 6.92 Å². The van der Waals surface area contributed by atoms with Crippen LogP contribution in [0.2, 0.25) is 10.0 Å². The minimum Gasteiger partial charge on any atom is -0.352 e. The smallest absolute Gasteiger partial charge is 0.244 e. The summed E-state index contributed by atoms with van der Waals surface area (Å²) in [5, 5.41) is 3.98. The fraction of sp³-hybridized carbons (Fsp3) is 0.481. The molecule has 0 spiro atoms. The number of aryl methyl sites for hydroxylation is 1. The fourth-order valence-corrected chi connectivity index (χ4v) is 5.84. The number of carbonyl (C=O) groups is 2. The predicted molar refractivity (Wildman–Crippen MR) is 149 cm³/mol. The van der Waals surface area contributed by atoms with Gasteiger partial charge in [0.2, 0.25) is 21.8 Å². The number of anilines is 1. The van der Waals surface area contributed by atoms with Gasteiger partial charge in [-0.2, -0.15) is 0 Å². The second kappa shape index (κ2) is 13.0. The number of amides is 2. The highest BCUT2D eigenvalue weighted by Gasteiger charge is 2.33. The molecule has 0 unspecified atom stereocenters. The Bertz CT molecular complexity index is 1220. The molecule has 1 fully saturated rings. The molecular weight excluding hydrogens is 533 g/mol. The van der Waals surface area contributed by atoms with Crippen LogP contribution in [0.15, 0.2) is 42.5 Å². The summed E-state index contributed by atoms with van der Waals surface area (Å²) in [5.41, 5.74) is 1.74. The van der Waals surface area contributed by atoms with Gasteiger partial charge in [-0.1, -0.05) is 73.7 Å². The lowest BCUT2D eigenvalue weighted by atomic mass is 9.95. The lowest BCUT2D eigenvalue weighted by Crippen LogP contribution is -2.54. The summed E-state index contributed by atoms with van der Waals surface area (Å²) >= 11 is 12.7. The molecule has 0 aliphatic heterocycles. The van der Waals surface area contributed by atoms with Crippen molar-refractivity contribution in [3.8, 4) is 0 Å². The Morgan fingerprint density at radius 1 is 1.05 bits per heavy atom. The van der Waals surface area contributed by atoms with E-state index < -0.39 is 28.5 Å². The van der Waals surface area contributed by atoms with E-state index in [1.165, 1.54) is 11.0 Å². The number of carbonyl (C=O) groups excluding carboxylic acids is 2. The van der Waals surface area contributed by atoms with Gasteiger partial charge in [0.25, 0.3) is 0 Å². The number of rotatable bonds is 10. The molecule has 0 bridgehead atoms. The molecule has 1 aliphatic carbocycles. The van der Waals surface area contributed by atoms with Crippen LogP contribution in [0.3, 0.4) is 0 Å². The third-order valence-electron chi connectivity index (χ3n) is 6.76. The van der Waals surface area contributed by atoms with E-state index in [1.54, 1.807) is 30.3 Å². The molecule has 2 aromatic carbocycles. The molecule has 1 N–H and O–H groups in total. The number of hydrogen-bond acceptors (Lipinski definition) is 4. The van der Waals surface area contributed by atoms with Gasteiger partial charge in [0.05, 0.1) is 11.9 Å². The Morgan fingerprint density at radius 2 is 1.73 bits per heavy atom. The molecule has 1 atom stereocenters. The van der Waals surface area contributed by atoms with Crippen molar-refractivity contribution in [3.63, 3.8) is 0 Å². The van der Waals surface area contributed by atoms with Crippen LogP contribution in [0.4, 0.5) is 5.69 Å². The Hall–Kier alpha value is -2.29. The maximum absolute atomic E-state index is 13.8. The second-order valence-corrected chi connectivity index (χ2v) is 12.3. The number of nitrogens with zero attached hydrogens (tertiary/aromatic N) is 2. The monoisotopic (exact) mass is 567 g/mol. The summed E-state index contributed by atoms with van der Waals surface area (Å²) in [6.45, 7) is 3.24. The molecule has 10 heteroatoms. The molecule has 0 heterocycles. The Balaban J connectivity index is 1.93. The third kappa shape index (κ3) is 7.85. The summed E-state index contributed by atoms with van der Waals surface area (Å²) < 4.78 is 26.5. The van der Waals surface area contributed by atoms with E-state index >= 15 is 0 Å². The molecule has 0 saturated heterocycles. The first kappa shape index (κ1) is 29.3. The van der Waals surface area contributed by atoms with Crippen LogP contribution in [-0.4, -0.2) is 50.0 Å². The van der Waals surface area contributed by atoms with Gasteiger partial charge in [-0.05, 0) is 55.5 Å². The van der Waals surface area contributed by atoms with Crippen LogP contribution in [0.5, 0.6) is 0 Å². The van der Waals surface area contributed by atoms with E-state index in [0.717, 1.165) is 48.2 Å². The Morgan fingerprint density at radius 3 is 2.32 bits per heavy atom. The van der Waals surface area contributed by atoms with Crippen LogP contribution in [0.1, 0.15) is 56.6 Å². The summed E-state index contributed by atoms with van der Waals surface area (Å²) in [6.07, 6.45) is 6.51. The molecule has 3 rings (SSSR count). The summed E-state index contributed by atoms with van der Waals surface area (Å²) in [5.74, 6) is -0.744. The SMILES string of the molecule is CC[C@@H](C(=O)NC1CCCCC1)N(Cc1ccccc1Cl)C(=O)CN(c1ccc(C)c(Cl)c1)S(C)(=O)=O. The zero-order chi connectivity index (χ0) is 27.2. The largest absolute Gasteiger partial charge is 0.352 e. The lowest BCUT2D eigenvalue weighted by Gasteiger charge is -2.34. The molecule has 1 saturated carbocycles. The standard InChI is InChI=1S/C27H35Cl2N3O4S/c1-4-25(27(34)30-21-11-6-5-7-12-21)31(17-20-10-8-9-13-23(20)28)26(33)18-32(37(3,35)36)22-15-14-19(2)24(29)16-22/h8-10,13-16,21,25H,4-7,11-12,17-18H2,1-3H3,(H,30,34)/t25-/m0/s1. The minimum atomic E-state index is -3.83. The van der Waals surface area contributed by atoms with Crippen molar-refractivity contribution in [2.75, 3.05) is 17.1 Å². The number of nitrogens with one attached hydrogen (secondary N) is 1. The third-order valence-corrected chi connectivity index (χ3v) is 8.68. The van der Waals surface area contributed by atoms with Crippen molar-refractivity contribution in [1.82, 2.24) is 10.2 Å². The maximum Gasteiger partial charge on any atom is 0.244 e. The highest BCUT2D eigenvalue weighted by Crippen LogP contribution is 2.26. The van der Waals surface area contributed by atoms with E-state index in [-0.39, 0.29) is 24.2 Å². The topological polar surface area (TPSA) is 86.8 Å².